The first-order valence-corrected chi connectivity index (χ1v) is 13.1. The zero-order valence-electron chi connectivity index (χ0n) is 19.6. The molecule has 182 valence electrons. The van der Waals surface area contributed by atoms with Crippen LogP contribution >= 0.6 is 0 Å². The summed E-state index contributed by atoms with van der Waals surface area (Å²) < 4.78 is 34.2. The van der Waals surface area contributed by atoms with Crippen LogP contribution in [0.5, 0.6) is 5.75 Å². The van der Waals surface area contributed by atoms with Crippen LogP contribution in [-0.2, 0) is 19.6 Å². The van der Waals surface area contributed by atoms with Crippen LogP contribution in [0.4, 0.5) is 11.4 Å². The molecule has 1 saturated heterocycles. The van der Waals surface area contributed by atoms with E-state index in [1.807, 2.05) is 42.5 Å². The fourth-order valence-electron chi connectivity index (χ4n) is 4.70. The molecule has 3 aromatic rings. The van der Waals surface area contributed by atoms with Crippen molar-refractivity contribution in [2.24, 2.45) is 5.92 Å². The highest BCUT2D eigenvalue weighted by Crippen LogP contribution is 2.36. The number of benzene rings is 3. The van der Waals surface area contributed by atoms with Gasteiger partial charge in [0, 0.05) is 30.2 Å². The summed E-state index contributed by atoms with van der Waals surface area (Å²) in [5, 5.41) is 7.71. The van der Waals surface area contributed by atoms with Crippen molar-refractivity contribution >= 4 is 44.0 Å². The molecule has 2 aliphatic rings. The number of fused-ring (bicyclic) bond motifs is 2. The molecule has 0 saturated carbocycles. The molecule has 2 atom stereocenters. The Morgan fingerprint density at radius 2 is 1.91 bits per heavy atom. The molecule has 0 spiro atoms. The summed E-state index contributed by atoms with van der Waals surface area (Å²) in [5.74, 6) is -0.610. The average molecular weight is 494 g/mol. The van der Waals surface area contributed by atoms with Crippen LogP contribution in [0.1, 0.15) is 25.3 Å². The summed E-state index contributed by atoms with van der Waals surface area (Å²) in [4.78, 5) is 25.2. The van der Waals surface area contributed by atoms with E-state index in [1.165, 1.54) is 10.4 Å². The molecule has 2 heterocycles. The lowest BCUT2D eigenvalue weighted by Crippen LogP contribution is -2.44. The van der Waals surface area contributed by atoms with E-state index in [0.29, 0.717) is 42.1 Å². The highest BCUT2D eigenvalue weighted by molar-refractivity contribution is 7.89. The Balaban J connectivity index is 1.37. The summed E-state index contributed by atoms with van der Waals surface area (Å²) in [7, 11) is -3.87. The van der Waals surface area contributed by atoms with Gasteiger partial charge in [-0.1, -0.05) is 36.4 Å². The van der Waals surface area contributed by atoms with E-state index in [0.717, 1.165) is 10.8 Å². The number of piperidine rings is 1. The fourth-order valence-corrected chi connectivity index (χ4v) is 6.45. The Bertz CT molecular complexity index is 1430. The summed E-state index contributed by atoms with van der Waals surface area (Å²) in [6.45, 7) is 3.73. The average Bonchev–Trinajstić information content (AvgIpc) is 2.85. The van der Waals surface area contributed by atoms with Gasteiger partial charge in [0.15, 0.2) is 6.10 Å². The topological polar surface area (TPSA) is 105 Å². The summed E-state index contributed by atoms with van der Waals surface area (Å²) in [5.41, 5.74) is 1.67. The second kappa shape index (κ2) is 8.98. The first kappa shape index (κ1) is 23.3. The Kier molecular flexibility index (Phi) is 5.98. The Labute approximate surface area is 204 Å². The molecule has 1 fully saturated rings. The third-order valence-electron chi connectivity index (χ3n) is 6.63. The minimum atomic E-state index is -3.87. The minimum absolute atomic E-state index is 0.101. The number of aryl methyl sites for hydroxylation is 1. The number of anilines is 2. The Morgan fingerprint density at radius 3 is 2.74 bits per heavy atom. The second-order valence-electron chi connectivity index (χ2n) is 9.08. The van der Waals surface area contributed by atoms with Gasteiger partial charge in [-0.25, -0.2) is 8.42 Å². The zero-order chi connectivity index (χ0) is 24.7. The zero-order valence-corrected chi connectivity index (χ0v) is 20.4. The third kappa shape index (κ3) is 4.37. The number of nitrogens with one attached hydrogen (secondary N) is 2. The number of carbonyl (C=O) groups excluding carboxylic acids is 2. The van der Waals surface area contributed by atoms with Gasteiger partial charge < -0.3 is 15.4 Å². The van der Waals surface area contributed by atoms with Crippen LogP contribution in [0.25, 0.3) is 10.8 Å². The number of nitrogens with zero attached hydrogens (tertiary/aromatic N) is 1. The van der Waals surface area contributed by atoms with Crippen LogP contribution in [0.3, 0.4) is 0 Å². The van der Waals surface area contributed by atoms with E-state index in [-0.39, 0.29) is 23.3 Å². The lowest BCUT2D eigenvalue weighted by molar-refractivity contribution is -0.123. The fraction of sp³-hybridized carbons (Fsp3) is 0.308. The van der Waals surface area contributed by atoms with Crippen LogP contribution in [0.2, 0.25) is 0 Å². The largest absolute Gasteiger partial charge is 0.479 e. The highest BCUT2D eigenvalue weighted by Gasteiger charge is 2.35. The first-order valence-electron chi connectivity index (χ1n) is 11.6. The van der Waals surface area contributed by atoms with Gasteiger partial charge in [-0.15, -0.1) is 0 Å². The minimum Gasteiger partial charge on any atom is -0.479 e. The van der Waals surface area contributed by atoms with E-state index in [4.69, 9.17) is 4.74 Å². The molecule has 2 amide bonds. The Hall–Kier alpha value is -3.43. The number of hydrogen-bond acceptors (Lipinski definition) is 5. The summed E-state index contributed by atoms with van der Waals surface area (Å²) >= 11 is 0. The lowest BCUT2D eigenvalue weighted by atomic mass is 9.98. The third-order valence-corrected chi connectivity index (χ3v) is 8.64. The van der Waals surface area contributed by atoms with E-state index in [2.05, 4.69) is 10.6 Å². The maximum atomic E-state index is 13.6. The van der Waals surface area contributed by atoms with Crippen LogP contribution in [0.15, 0.2) is 59.5 Å². The molecule has 3 aromatic carbocycles. The van der Waals surface area contributed by atoms with Crippen molar-refractivity contribution in [3.63, 3.8) is 0 Å². The van der Waals surface area contributed by atoms with Crippen molar-refractivity contribution < 1.29 is 22.7 Å². The van der Waals surface area contributed by atoms with Crippen molar-refractivity contribution in [1.29, 1.82) is 0 Å². The molecular weight excluding hydrogens is 466 g/mol. The van der Waals surface area contributed by atoms with Crippen LogP contribution < -0.4 is 15.4 Å². The number of amides is 2. The summed E-state index contributed by atoms with van der Waals surface area (Å²) in [6, 6.07) is 16.6. The van der Waals surface area contributed by atoms with Gasteiger partial charge in [-0.05, 0) is 49.8 Å². The lowest BCUT2D eigenvalue weighted by Gasteiger charge is -2.32. The molecule has 8 nitrogen and oxygen atoms in total. The van der Waals surface area contributed by atoms with Crippen LogP contribution in [0, 0.1) is 12.8 Å². The van der Waals surface area contributed by atoms with Crippen molar-refractivity contribution in [3.8, 4) is 5.75 Å². The van der Waals surface area contributed by atoms with Gasteiger partial charge in [-0.2, -0.15) is 4.31 Å². The number of carbonyl (C=O) groups is 2. The monoisotopic (exact) mass is 493 g/mol. The quantitative estimate of drug-likeness (QED) is 0.574. The Morgan fingerprint density at radius 1 is 1.14 bits per heavy atom. The molecule has 0 bridgehead atoms. The van der Waals surface area contributed by atoms with Gasteiger partial charge in [0.05, 0.1) is 16.5 Å². The first-order chi connectivity index (χ1) is 16.7. The maximum Gasteiger partial charge on any atom is 0.265 e. The molecule has 9 heteroatoms. The smallest absolute Gasteiger partial charge is 0.265 e. The van der Waals surface area contributed by atoms with Crippen molar-refractivity contribution in [3.05, 3.63) is 60.2 Å². The molecule has 2 aliphatic heterocycles. The van der Waals surface area contributed by atoms with Gasteiger partial charge >= 0.3 is 0 Å². The SMILES string of the molecule is Cc1cc2c(cc1S(=O)(=O)N1CCCC(C(=O)Nc3cccc4ccccc34)C1)OC(C)C(=O)N2. The molecule has 5 rings (SSSR count). The van der Waals surface area contributed by atoms with E-state index >= 15 is 0 Å². The molecule has 2 unspecified atom stereocenters. The maximum absolute atomic E-state index is 13.6. The molecular formula is C26H27N3O5S. The van der Waals surface area contributed by atoms with Gasteiger partial charge in [0.2, 0.25) is 15.9 Å². The van der Waals surface area contributed by atoms with Gasteiger partial charge in [0.25, 0.3) is 5.91 Å². The van der Waals surface area contributed by atoms with E-state index < -0.39 is 22.0 Å². The molecule has 0 radical (unpaired) electrons. The predicted octanol–water partition coefficient (Wildman–Crippen LogP) is 3.91. The number of rotatable bonds is 4. The standard InChI is InChI=1S/C26H27N3O5S/c1-16-13-22-23(34-17(2)25(30)28-22)14-24(16)35(32,33)29-12-6-9-19(15-29)26(31)27-21-11-5-8-18-7-3-4-10-20(18)21/h3-5,7-8,10-11,13-14,17,19H,6,9,12,15H2,1-2H3,(H,27,31)(H,28,30). The predicted molar refractivity (Wildman–Crippen MR) is 134 cm³/mol. The normalized spacial score (nSPS) is 20.6. The van der Waals surface area contributed by atoms with E-state index in [1.54, 1.807) is 19.9 Å². The van der Waals surface area contributed by atoms with Crippen molar-refractivity contribution in [1.82, 2.24) is 4.31 Å². The second-order valence-corrected chi connectivity index (χ2v) is 11.0. The van der Waals surface area contributed by atoms with Gasteiger partial charge in [-0.3, -0.25) is 9.59 Å². The number of sulfonamides is 1. The molecule has 0 aromatic heterocycles. The molecule has 35 heavy (non-hydrogen) atoms. The number of ether oxygens (including phenoxy) is 1. The van der Waals surface area contributed by atoms with Gasteiger partial charge in [0.1, 0.15) is 5.75 Å². The summed E-state index contributed by atoms with van der Waals surface area (Å²) in [6.07, 6.45) is 0.483. The number of hydrogen-bond donors (Lipinski definition) is 2. The molecule has 0 aliphatic carbocycles. The van der Waals surface area contributed by atoms with E-state index in [9.17, 15) is 18.0 Å². The van der Waals surface area contributed by atoms with Crippen molar-refractivity contribution in [2.45, 2.75) is 37.7 Å². The molecule has 2 N–H and O–H groups in total. The van der Waals surface area contributed by atoms with Crippen molar-refractivity contribution in [2.75, 3.05) is 23.7 Å². The highest BCUT2D eigenvalue weighted by atomic mass is 32.2. The van der Waals surface area contributed by atoms with Crippen LogP contribution in [-0.4, -0.2) is 43.7 Å².